The summed E-state index contributed by atoms with van der Waals surface area (Å²) in [4.78, 5) is 0. The van der Waals surface area contributed by atoms with Gasteiger partial charge in [-0.05, 0) is 29.3 Å². The number of halogens is 3. The molecule has 1 atom stereocenters. The standard InChI is InChI=1S/C14H11Cl3OS/c15-12-6-5-11(14(17)7-12)9-19(18)8-10-3-1-2-4-13(10)16/h1-7H,8-9H2. The highest BCUT2D eigenvalue weighted by Crippen LogP contribution is 2.24. The van der Waals surface area contributed by atoms with Crippen molar-refractivity contribution in [2.24, 2.45) is 0 Å². The fraction of sp³-hybridized carbons (Fsp3) is 0.143. The van der Waals surface area contributed by atoms with E-state index in [1.54, 1.807) is 24.3 Å². The van der Waals surface area contributed by atoms with Crippen LogP contribution in [0.25, 0.3) is 0 Å². The van der Waals surface area contributed by atoms with Crippen molar-refractivity contribution in [3.63, 3.8) is 0 Å². The average molecular weight is 334 g/mol. The van der Waals surface area contributed by atoms with Gasteiger partial charge in [0.15, 0.2) is 0 Å². The lowest BCUT2D eigenvalue weighted by Gasteiger charge is -2.06. The lowest BCUT2D eigenvalue weighted by molar-refractivity contribution is 0.682. The highest BCUT2D eigenvalue weighted by Gasteiger charge is 2.09. The molecule has 0 saturated heterocycles. The first-order valence-electron chi connectivity index (χ1n) is 5.58. The van der Waals surface area contributed by atoms with Gasteiger partial charge in [0, 0.05) is 25.9 Å². The van der Waals surface area contributed by atoms with E-state index in [1.807, 2.05) is 18.2 Å². The van der Waals surface area contributed by atoms with Gasteiger partial charge in [-0.1, -0.05) is 59.1 Å². The Hall–Kier alpha value is -0.540. The van der Waals surface area contributed by atoms with Gasteiger partial charge in [0.25, 0.3) is 0 Å². The number of hydrogen-bond acceptors (Lipinski definition) is 1. The molecular weight excluding hydrogens is 323 g/mol. The van der Waals surface area contributed by atoms with E-state index in [2.05, 4.69) is 0 Å². The van der Waals surface area contributed by atoms with Crippen molar-refractivity contribution in [3.8, 4) is 0 Å². The highest BCUT2D eigenvalue weighted by molar-refractivity contribution is 7.83. The second-order valence-corrected chi connectivity index (χ2v) is 6.76. The van der Waals surface area contributed by atoms with Crippen LogP contribution in [0, 0.1) is 0 Å². The maximum Gasteiger partial charge on any atom is 0.0503 e. The predicted molar refractivity (Wildman–Crippen MR) is 83.5 cm³/mol. The van der Waals surface area contributed by atoms with Crippen molar-refractivity contribution in [3.05, 3.63) is 68.7 Å². The Morgan fingerprint density at radius 2 is 1.47 bits per heavy atom. The molecule has 0 aliphatic carbocycles. The quantitative estimate of drug-likeness (QED) is 0.761. The van der Waals surface area contributed by atoms with Gasteiger partial charge < -0.3 is 0 Å². The van der Waals surface area contributed by atoms with E-state index >= 15 is 0 Å². The molecule has 100 valence electrons. The zero-order chi connectivity index (χ0) is 13.8. The average Bonchev–Trinajstić information content (AvgIpc) is 2.36. The van der Waals surface area contributed by atoms with Crippen LogP contribution in [0.1, 0.15) is 11.1 Å². The van der Waals surface area contributed by atoms with Crippen molar-refractivity contribution in [1.82, 2.24) is 0 Å². The summed E-state index contributed by atoms with van der Waals surface area (Å²) in [6.45, 7) is 0. The third-order valence-electron chi connectivity index (χ3n) is 2.61. The van der Waals surface area contributed by atoms with Gasteiger partial charge in [0.2, 0.25) is 0 Å². The molecule has 0 aromatic heterocycles. The lowest BCUT2D eigenvalue weighted by atomic mass is 10.2. The van der Waals surface area contributed by atoms with E-state index in [1.165, 1.54) is 0 Å². The van der Waals surface area contributed by atoms with E-state index in [4.69, 9.17) is 34.8 Å². The first-order valence-corrected chi connectivity index (χ1v) is 8.21. The molecule has 0 fully saturated rings. The molecule has 0 aliphatic rings. The van der Waals surface area contributed by atoms with Gasteiger partial charge in [-0.3, -0.25) is 4.21 Å². The van der Waals surface area contributed by atoms with Crippen LogP contribution in [-0.2, 0) is 22.3 Å². The first-order chi connectivity index (χ1) is 9.06. The van der Waals surface area contributed by atoms with Gasteiger partial charge in [0.1, 0.15) is 0 Å². The highest BCUT2D eigenvalue weighted by atomic mass is 35.5. The lowest BCUT2D eigenvalue weighted by Crippen LogP contribution is -2.00. The van der Waals surface area contributed by atoms with Crippen molar-refractivity contribution in [2.75, 3.05) is 0 Å². The molecule has 0 radical (unpaired) electrons. The van der Waals surface area contributed by atoms with E-state index in [9.17, 15) is 4.21 Å². The third kappa shape index (κ3) is 4.22. The second-order valence-electron chi connectivity index (χ2n) is 4.06. The van der Waals surface area contributed by atoms with E-state index in [-0.39, 0.29) is 0 Å². The van der Waals surface area contributed by atoms with Crippen LogP contribution in [0.3, 0.4) is 0 Å². The molecule has 19 heavy (non-hydrogen) atoms. The molecular formula is C14H11Cl3OS. The van der Waals surface area contributed by atoms with E-state index in [0.717, 1.165) is 11.1 Å². The Bertz CT molecular complexity index is 613. The predicted octanol–water partition coefficient (Wildman–Crippen LogP) is 5.10. The summed E-state index contributed by atoms with van der Waals surface area (Å²) in [5, 5.41) is 1.75. The summed E-state index contributed by atoms with van der Waals surface area (Å²) < 4.78 is 12.1. The first kappa shape index (κ1) is 14.9. The summed E-state index contributed by atoms with van der Waals surface area (Å²) in [5.41, 5.74) is 1.71. The Morgan fingerprint density at radius 1 is 0.842 bits per heavy atom. The summed E-state index contributed by atoms with van der Waals surface area (Å²) in [5.74, 6) is 0.805. The summed E-state index contributed by atoms with van der Waals surface area (Å²) >= 11 is 17.9. The van der Waals surface area contributed by atoms with E-state index in [0.29, 0.717) is 26.6 Å². The topological polar surface area (TPSA) is 17.1 Å². The van der Waals surface area contributed by atoms with Gasteiger partial charge in [-0.15, -0.1) is 0 Å². The maximum absolute atomic E-state index is 12.1. The number of hydrogen-bond donors (Lipinski definition) is 0. The Morgan fingerprint density at radius 3 is 2.11 bits per heavy atom. The third-order valence-corrected chi connectivity index (χ3v) is 4.83. The van der Waals surface area contributed by atoms with Crippen LogP contribution in [0.15, 0.2) is 42.5 Å². The summed E-state index contributed by atoms with van der Waals surface area (Å²) in [7, 11) is -1.06. The maximum atomic E-state index is 12.1. The van der Waals surface area contributed by atoms with Gasteiger partial charge >= 0.3 is 0 Å². The Labute approximate surface area is 130 Å². The van der Waals surface area contributed by atoms with Gasteiger partial charge in [0.05, 0.1) is 11.5 Å². The number of benzene rings is 2. The van der Waals surface area contributed by atoms with E-state index < -0.39 is 10.8 Å². The molecule has 0 saturated carbocycles. The molecule has 0 spiro atoms. The molecule has 1 nitrogen and oxygen atoms in total. The molecule has 0 N–H and O–H groups in total. The van der Waals surface area contributed by atoms with Crippen LogP contribution in [0.2, 0.25) is 15.1 Å². The molecule has 0 heterocycles. The van der Waals surface area contributed by atoms with Crippen molar-refractivity contribution < 1.29 is 4.21 Å². The molecule has 2 rings (SSSR count). The SMILES string of the molecule is O=S(Cc1ccccc1Cl)Cc1ccc(Cl)cc1Cl. The molecule has 0 bridgehead atoms. The molecule has 0 amide bonds. The number of rotatable bonds is 4. The minimum atomic E-state index is -1.06. The van der Waals surface area contributed by atoms with Gasteiger partial charge in [-0.2, -0.15) is 0 Å². The molecule has 2 aromatic rings. The fourth-order valence-electron chi connectivity index (χ4n) is 1.65. The minimum absolute atomic E-state index is 0.390. The zero-order valence-corrected chi connectivity index (χ0v) is 13.0. The monoisotopic (exact) mass is 332 g/mol. The molecule has 0 aliphatic heterocycles. The largest absolute Gasteiger partial charge is 0.259 e. The molecule has 2 aromatic carbocycles. The van der Waals surface area contributed by atoms with Crippen LogP contribution >= 0.6 is 34.8 Å². The minimum Gasteiger partial charge on any atom is -0.259 e. The van der Waals surface area contributed by atoms with Crippen molar-refractivity contribution in [1.29, 1.82) is 0 Å². The zero-order valence-electron chi connectivity index (χ0n) is 9.91. The van der Waals surface area contributed by atoms with Crippen LogP contribution in [-0.4, -0.2) is 4.21 Å². The summed E-state index contributed by atoms with van der Waals surface area (Å²) in [6, 6.07) is 12.6. The van der Waals surface area contributed by atoms with Crippen molar-refractivity contribution in [2.45, 2.75) is 11.5 Å². The summed E-state index contributed by atoms with van der Waals surface area (Å²) in [6.07, 6.45) is 0. The smallest absolute Gasteiger partial charge is 0.0503 e. The van der Waals surface area contributed by atoms with Crippen LogP contribution < -0.4 is 0 Å². The Kier molecular flexibility index (Phi) is 5.28. The van der Waals surface area contributed by atoms with Gasteiger partial charge in [-0.25, -0.2) is 0 Å². The van der Waals surface area contributed by atoms with Crippen molar-refractivity contribution >= 4 is 45.6 Å². The van der Waals surface area contributed by atoms with Crippen LogP contribution in [0.4, 0.5) is 0 Å². The fourth-order valence-corrected chi connectivity index (χ4v) is 3.79. The molecule has 1 unspecified atom stereocenters. The normalized spacial score (nSPS) is 12.4. The van der Waals surface area contributed by atoms with Crippen LogP contribution in [0.5, 0.6) is 0 Å². The second kappa shape index (κ2) is 6.76. The molecule has 5 heteroatoms. The Balaban J connectivity index is 2.08.